The average molecular weight is 331 g/mol. The van der Waals surface area contributed by atoms with E-state index in [0.717, 1.165) is 0 Å². The molecule has 0 amide bonds. The minimum atomic E-state index is -0.443. The molecule has 1 aromatic heterocycles. The van der Waals surface area contributed by atoms with Gasteiger partial charge in [-0.25, -0.2) is 9.37 Å². The van der Waals surface area contributed by atoms with Crippen LogP contribution in [0.25, 0.3) is 0 Å². The molecule has 1 aromatic carbocycles. The maximum atomic E-state index is 13.3. The van der Waals surface area contributed by atoms with Crippen molar-refractivity contribution in [3.05, 3.63) is 46.2 Å². The van der Waals surface area contributed by atoms with Crippen LogP contribution < -0.4 is 5.43 Å². The molecule has 118 valence electrons. The van der Waals surface area contributed by atoms with E-state index in [-0.39, 0.29) is 18.0 Å². The molecule has 23 heavy (non-hydrogen) atoms. The molecule has 0 bridgehead atoms. The van der Waals surface area contributed by atoms with E-state index in [1.807, 2.05) is 0 Å². The molecular formula is C16H14FN3O2S. The summed E-state index contributed by atoms with van der Waals surface area (Å²) in [5.41, 5.74) is 4.21. The Labute approximate surface area is 137 Å². The number of thiazole rings is 1. The lowest BCUT2D eigenvalue weighted by atomic mass is 10.1. The average Bonchev–Trinajstić information content (AvgIpc) is 2.96. The molecule has 0 atom stereocenters. The van der Waals surface area contributed by atoms with Gasteiger partial charge in [0.25, 0.3) is 0 Å². The number of halogens is 1. The van der Waals surface area contributed by atoms with Gasteiger partial charge in [-0.3, -0.25) is 10.2 Å². The first-order valence-electron chi connectivity index (χ1n) is 6.77. The number of nitrogens with zero attached hydrogens (tertiary/aromatic N) is 2. The second-order valence-electron chi connectivity index (χ2n) is 4.38. The Bertz CT molecular complexity index is 765. The standard InChI is InChI=1S/C16H14FN3O2S/c1-3-12-7-11(5-6-14(12)17)9-18-20-16-19-13(10-23-16)8-15(21)22-4-2/h1,5-7,9-10H,4,8H2,2H3,(H,19,20). The maximum absolute atomic E-state index is 13.3. The quantitative estimate of drug-likeness (QED) is 0.383. The van der Waals surface area contributed by atoms with Crippen molar-refractivity contribution < 1.29 is 13.9 Å². The van der Waals surface area contributed by atoms with Crippen molar-refractivity contribution in [1.82, 2.24) is 4.98 Å². The van der Waals surface area contributed by atoms with Crippen LogP contribution in [0.2, 0.25) is 0 Å². The van der Waals surface area contributed by atoms with Gasteiger partial charge in [-0.15, -0.1) is 17.8 Å². The number of anilines is 1. The number of rotatable bonds is 6. The van der Waals surface area contributed by atoms with Crippen LogP contribution in [0, 0.1) is 18.2 Å². The first-order chi connectivity index (χ1) is 11.1. The summed E-state index contributed by atoms with van der Waals surface area (Å²) >= 11 is 1.32. The van der Waals surface area contributed by atoms with Gasteiger partial charge in [0.2, 0.25) is 5.13 Å². The van der Waals surface area contributed by atoms with Gasteiger partial charge in [0.1, 0.15) is 5.82 Å². The van der Waals surface area contributed by atoms with E-state index in [1.54, 1.807) is 18.4 Å². The van der Waals surface area contributed by atoms with Crippen molar-refractivity contribution in [2.75, 3.05) is 12.0 Å². The summed E-state index contributed by atoms with van der Waals surface area (Å²) in [4.78, 5) is 15.6. The molecule has 2 aromatic rings. The van der Waals surface area contributed by atoms with Crippen LogP contribution in [0.4, 0.5) is 9.52 Å². The van der Waals surface area contributed by atoms with E-state index in [4.69, 9.17) is 11.2 Å². The fraction of sp³-hybridized carbons (Fsp3) is 0.188. The molecule has 0 saturated carbocycles. The van der Waals surface area contributed by atoms with Gasteiger partial charge in [-0.1, -0.05) is 12.0 Å². The number of carbonyl (C=O) groups is 1. The van der Waals surface area contributed by atoms with E-state index in [1.165, 1.54) is 29.7 Å². The summed E-state index contributed by atoms with van der Waals surface area (Å²) in [6, 6.07) is 4.38. The molecule has 1 N–H and O–H groups in total. The second kappa shape index (κ2) is 8.06. The third-order valence-electron chi connectivity index (χ3n) is 2.70. The molecule has 0 aliphatic carbocycles. The number of carbonyl (C=O) groups excluding carboxylic acids is 1. The summed E-state index contributed by atoms with van der Waals surface area (Å²) in [6.45, 7) is 2.09. The number of hydrogen-bond acceptors (Lipinski definition) is 6. The largest absolute Gasteiger partial charge is 0.466 e. The molecule has 0 fully saturated rings. The SMILES string of the molecule is C#Cc1cc(C=NNc2nc(CC(=O)OCC)cs2)ccc1F. The van der Waals surface area contributed by atoms with E-state index < -0.39 is 5.82 Å². The Balaban J connectivity index is 1.95. The zero-order valence-electron chi connectivity index (χ0n) is 12.4. The topological polar surface area (TPSA) is 63.6 Å². The fourth-order valence-corrected chi connectivity index (χ4v) is 2.35. The first kappa shape index (κ1) is 16.6. The molecule has 2 rings (SSSR count). The number of hydrazone groups is 1. The zero-order valence-corrected chi connectivity index (χ0v) is 13.2. The molecule has 0 aliphatic rings. The number of benzene rings is 1. The van der Waals surface area contributed by atoms with Crippen LogP contribution in [0.5, 0.6) is 0 Å². The number of nitrogens with one attached hydrogen (secondary N) is 1. The summed E-state index contributed by atoms with van der Waals surface area (Å²) in [5.74, 6) is 1.50. The lowest BCUT2D eigenvalue weighted by Gasteiger charge is -1.98. The van der Waals surface area contributed by atoms with E-state index in [2.05, 4.69) is 21.4 Å². The maximum Gasteiger partial charge on any atom is 0.311 e. The number of hydrogen-bond donors (Lipinski definition) is 1. The Morgan fingerprint density at radius 3 is 3.17 bits per heavy atom. The smallest absolute Gasteiger partial charge is 0.311 e. The van der Waals surface area contributed by atoms with Crippen LogP contribution >= 0.6 is 11.3 Å². The molecule has 1 heterocycles. The Morgan fingerprint density at radius 1 is 1.61 bits per heavy atom. The Morgan fingerprint density at radius 2 is 2.43 bits per heavy atom. The molecule has 0 unspecified atom stereocenters. The van der Waals surface area contributed by atoms with Gasteiger partial charge in [0, 0.05) is 5.38 Å². The van der Waals surface area contributed by atoms with Crippen molar-refractivity contribution in [2.24, 2.45) is 5.10 Å². The van der Waals surface area contributed by atoms with Crippen molar-refractivity contribution >= 4 is 28.7 Å². The van der Waals surface area contributed by atoms with Gasteiger partial charge >= 0.3 is 5.97 Å². The monoisotopic (exact) mass is 331 g/mol. The minimum absolute atomic E-state index is 0.124. The highest BCUT2D eigenvalue weighted by Gasteiger charge is 2.07. The van der Waals surface area contributed by atoms with Crippen LogP contribution in [-0.4, -0.2) is 23.8 Å². The van der Waals surface area contributed by atoms with Gasteiger partial charge < -0.3 is 4.74 Å². The van der Waals surface area contributed by atoms with E-state index >= 15 is 0 Å². The molecule has 0 aliphatic heterocycles. The highest BCUT2D eigenvalue weighted by atomic mass is 32.1. The van der Waals surface area contributed by atoms with Crippen molar-refractivity contribution in [1.29, 1.82) is 0 Å². The van der Waals surface area contributed by atoms with Gasteiger partial charge in [-0.05, 0) is 24.6 Å². The summed E-state index contributed by atoms with van der Waals surface area (Å²) < 4.78 is 18.1. The first-order valence-corrected chi connectivity index (χ1v) is 7.65. The van der Waals surface area contributed by atoms with Crippen molar-refractivity contribution in [3.63, 3.8) is 0 Å². The highest BCUT2D eigenvalue weighted by molar-refractivity contribution is 7.13. The van der Waals surface area contributed by atoms with Crippen LogP contribution in [0.1, 0.15) is 23.7 Å². The summed E-state index contributed by atoms with van der Waals surface area (Å²) in [7, 11) is 0. The van der Waals surface area contributed by atoms with Crippen molar-refractivity contribution in [2.45, 2.75) is 13.3 Å². The lowest BCUT2D eigenvalue weighted by Crippen LogP contribution is -2.07. The van der Waals surface area contributed by atoms with Crippen LogP contribution in [0.3, 0.4) is 0 Å². The van der Waals surface area contributed by atoms with Crippen LogP contribution in [0.15, 0.2) is 28.7 Å². The zero-order chi connectivity index (χ0) is 16.7. The normalized spacial score (nSPS) is 10.5. The van der Waals surface area contributed by atoms with Crippen molar-refractivity contribution in [3.8, 4) is 12.3 Å². The van der Waals surface area contributed by atoms with Gasteiger partial charge in [0.05, 0.1) is 30.5 Å². The van der Waals surface area contributed by atoms with E-state index in [0.29, 0.717) is 23.0 Å². The van der Waals surface area contributed by atoms with E-state index in [9.17, 15) is 9.18 Å². The third-order valence-corrected chi connectivity index (χ3v) is 3.50. The molecule has 0 saturated heterocycles. The highest BCUT2D eigenvalue weighted by Crippen LogP contribution is 2.16. The second-order valence-corrected chi connectivity index (χ2v) is 5.24. The molecular weight excluding hydrogens is 317 g/mol. The van der Waals surface area contributed by atoms with Crippen LogP contribution in [-0.2, 0) is 16.0 Å². The fourth-order valence-electron chi connectivity index (χ4n) is 1.70. The number of ether oxygens (including phenoxy) is 1. The molecule has 0 radical (unpaired) electrons. The molecule has 5 nitrogen and oxygen atoms in total. The number of esters is 1. The number of aromatic nitrogens is 1. The van der Waals surface area contributed by atoms with Gasteiger partial charge in [0.15, 0.2) is 0 Å². The predicted molar refractivity (Wildman–Crippen MR) is 88.0 cm³/mol. The minimum Gasteiger partial charge on any atom is -0.466 e. The Hall–Kier alpha value is -2.72. The van der Waals surface area contributed by atoms with Gasteiger partial charge in [-0.2, -0.15) is 5.10 Å². The summed E-state index contributed by atoms with van der Waals surface area (Å²) in [5, 5.41) is 6.31. The lowest BCUT2D eigenvalue weighted by molar-refractivity contribution is -0.142. The molecule has 0 spiro atoms. The molecule has 7 heteroatoms. The summed E-state index contributed by atoms with van der Waals surface area (Å²) in [6.07, 6.45) is 6.84. The predicted octanol–water partition coefficient (Wildman–Crippen LogP) is 2.82. The third kappa shape index (κ3) is 4.90. The number of terminal acetylenes is 1. The Kier molecular flexibility index (Phi) is 5.83.